The van der Waals surface area contributed by atoms with E-state index in [9.17, 15) is 22.8 Å². The zero-order chi connectivity index (χ0) is 18.8. The van der Waals surface area contributed by atoms with Crippen molar-refractivity contribution in [3.05, 3.63) is 76.7 Å². The molecule has 26 heavy (non-hydrogen) atoms. The second-order valence-electron chi connectivity index (χ2n) is 5.92. The molecule has 0 spiro atoms. The Balaban J connectivity index is 1.69. The van der Waals surface area contributed by atoms with Gasteiger partial charge in [-0.05, 0) is 43.2 Å². The Bertz CT molecular complexity index is 902. The Morgan fingerprint density at radius 1 is 1.04 bits per heavy atom. The maximum atomic E-state index is 13.6. The van der Waals surface area contributed by atoms with E-state index < -0.39 is 29.3 Å². The van der Waals surface area contributed by atoms with Crippen molar-refractivity contribution in [2.24, 2.45) is 0 Å². The maximum Gasteiger partial charge on any atom is 0.277 e. The number of hydrogen-bond donors (Lipinski definition) is 1. The first-order valence-electron chi connectivity index (χ1n) is 7.90. The lowest BCUT2D eigenvalue weighted by molar-refractivity contribution is -0.137. The highest BCUT2D eigenvalue weighted by atomic mass is 19.1. The summed E-state index contributed by atoms with van der Waals surface area (Å²) in [5, 5.41) is 2.58. The Kier molecular flexibility index (Phi) is 4.79. The molecule has 2 aromatic rings. The summed E-state index contributed by atoms with van der Waals surface area (Å²) < 4.78 is 40.4. The van der Waals surface area contributed by atoms with E-state index in [-0.39, 0.29) is 23.5 Å². The molecule has 0 unspecified atom stereocenters. The quantitative estimate of drug-likeness (QED) is 0.833. The van der Waals surface area contributed by atoms with Crippen LogP contribution in [0.5, 0.6) is 0 Å². The number of nitrogens with zero attached hydrogens (tertiary/aromatic N) is 1. The average molecular weight is 360 g/mol. The van der Waals surface area contributed by atoms with Crippen molar-refractivity contribution in [1.82, 2.24) is 4.90 Å². The van der Waals surface area contributed by atoms with Crippen molar-refractivity contribution in [3.8, 4) is 0 Å². The summed E-state index contributed by atoms with van der Waals surface area (Å²) in [6.07, 6.45) is 1.37. The maximum absolute atomic E-state index is 13.6. The van der Waals surface area contributed by atoms with Gasteiger partial charge in [0, 0.05) is 23.9 Å². The molecular weight excluding hydrogens is 345 g/mol. The molecule has 134 valence electrons. The number of carbonyl (C=O) groups is 2. The van der Waals surface area contributed by atoms with Crippen molar-refractivity contribution in [2.75, 3.05) is 11.9 Å². The summed E-state index contributed by atoms with van der Waals surface area (Å²) in [6.45, 7) is 1.37. The van der Waals surface area contributed by atoms with Crippen molar-refractivity contribution in [1.29, 1.82) is 0 Å². The van der Waals surface area contributed by atoms with Crippen molar-refractivity contribution in [3.63, 3.8) is 0 Å². The summed E-state index contributed by atoms with van der Waals surface area (Å²) in [7, 11) is 0. The van der Waals surface area contributed by atoms with Gasteiger partial charge in [-0.1, -0.05) is 12.1 Å². The molecule has 1 N–H and O–H groups in total. The van der Waals surface area contributed by atoms with E-state index in [2.05, 4.69) is 5.32 Å². The van der Waals surface area contributed by atoms with Crippen LogP contribution in [0.15, 0.2) is 48.2 Å². The average Bonchev–Trinajstić information content (AvgIpc) is 2.84. The van der Waals surface area contributed by atoms with Gasteiger partial charge in [0.1, 0.15) is 23.1 Å². The van der Waals surface area contributed by atoms with Crippen LogP contribution in [0.2, 0.25) is 0 Å². The second kappa shape index (κ2) is 7.03. The first kappa shape index (κ1) is 17.7. The normalized spacial score (nSPS) is 14.0. The molecule has 0 atom stereocenters. The lowest BCUT2D eigenvalue weighted by Crippen LogP contribution is -2.33. The molecule has 1 aliphatic rings. The molecule has 0 saturated carbocycles. The summed E-state index contributed by atoms with van der Waals surface area (Å²) >= 11 is 0. The SMILES string of the molecule is Cc1c(F)cc(NC2=CC(=O)N(CCc3cccc(F)c3)C2=O)cc1F. The van der Waals surface area contributed by atoms with E-state index in [1.165, 1.54) is 19.1 Å². The van der Waals surface area contributed by atoms with Gasteiger partial charge < -0.3 is 5.32 Å². The minimum absolute atomic E-state index is 0.0324. The Morgan fingerprint density at radius 3 is 2.38 bits per heavy atom. The van der Waals surface area contributed by atoms with Crippen LogP contribution in [-0.2, 0) is 16.0 Å². The molecule has 0 bridgehead atoms. The van der Waals surface area contributed by atoms with Crippen LogP contribution >= 0.6 is 0 Å². The first-order chi connectivity index (χ1) is 12.3. The monoisotopic (exact) mass is 360 g/mol. The number of rotatable bonds is 5. The molecule has 3 rings (SSSR count). The van der Waals surface area contributed by atoms with Crippen molar-refractivity contribution in [2.45, 2.75) is 13.3 Å². The van der Waals surface area contributed by atoms with Gasteiger partial charge in [0.25, 0.3) is 11.8 Å². The largest absolute Gasteiger partial charge is 0.351 e. The number of hydrogen-bond acceptors (Lipinski definition) is 3. The highest BCUT2D eigenvalue weighted by molar-refractivity contribution is 6.17. The third-order valence-electron chi connectivity index (χ3n) is 4.08. The molecule has 0 fully saturated rings. The third-order valence-corrected chi connectivity index (χ3v) is 4.08. The molecule has 4 nitrogen and oxygen atoms in total. The molecule has 1 heterocycles. The van der Waals surface area contributed by atoms with E-state index in [1.807, 2.05) is 0 Å². The van der Waals surface area contributed by atoms with Crippen LogP contribution in [0.3, 0.4) is 0 Å². The number of anilines is 1. The summed E-state index contributed by atoms with van der Waals surface area (Å²) in [6, 6.07) is 7.97. The molecule has 1 aliphatic heterocycles. The molecule has 2 aromatic carbocycles. The van der Waals surface area contributed by atoms with Gasteiger partial charge in [0.2, 0.25) is 0 Å². The fraction of sp³-hybridized carbons (Fsp3) is 0.158. The minimum Gasteiger partial charge on any atom is -0.351 e. The van der Waals surface area contributed by atoms with Gasteiger partial charge in [-0.15, -0.1) is 0 Å². The van der Waals surface area contributed by atoms with Crippen molar-refractivity contribution < 1.29 is 22.8 Å². The summed E-state index contributed by atoms with van der Waals surface area (Å²) in [5.41, 5.74) is 0.478. The van der Waals surface area contributed by atoms with Crippen LogP contribution in [-0.4, -0.2) is 23.3 Å². The minimum atomic E-state index is -0.757. The Hall–Kier alpha value is -3.09. The first-order valence-corrected chi connectivity index (χ1v) is 7.90. The van der Waals surface area contributed by atoms with Gasteiger partial charge in [0.05, 0.1) is 0 Å². The van der Waals surface area contributed by atoms with Gasteiger partial charge in [0.15, 0.2) is 0 Å². The smallest absolute Gasteiger partial charge is 0.277 e. The molecule has 0 aromatic heterocycles. The predicted octanol–water partition coefficient (Wildman–Crippen LogP) is 3.32. The van der Waals surface area contributed by atoms with E-state index in [0.29, 0.717) is 12.0 Å². The highest BCUT2D eigenvalue weighted by Gasteiger charge is 2.31. The number of carbonyl (C=O) groups excluding carboxylic acids is 2. The number of nitrogens with one attached hydrogen (secondary N) is 1. The van der Waals surface area contributed by atoms with Crippen LogP contribution in [0.25, 0.3) is 0 Å². The number of benzene rings is 2. The topological polar surface area (TPSA) is 49.4 Å². The number of halogens is 3. The lowest BCUT2D eigenvalue weighted by atomic mass is 10.1. The number of amides is 2. The molecule has 7 heteroatoms. The van der Waals surface area contributed by atoms with Crippen molar-refractivity contribution >= 4 is 17.5 Å². The molecule has 0 radical (unpaired) electrons. The van der Waals surface area contributed by atoms with Gasteiger partial charge in [-0.3, -0.25) is 14.5 Å². The lowest BCUT2D eigenvalue weighted by Gasteiger charge is -2.15. The van der Waals surface area contributed by atoms with Crippen LogP contribution in [0.4, 0.5) is 18.9 Å². The molecule has 2 amide bonds. The highest BCUT2D eigenvalue weighted by Crippen LogP contribution is 2.22. The summed E-state index contributed by atoms with van der Waals surface area (Å²) in [4.78, 5) is 25.4. The molecule has 0 aliphatic carbocycles. The van der Waals surface area contributed by atoms with Gasteiger partial charge >= 0.3 is 0 Å². The van der Waals surface area contributed by atoms with E-state index >= 15 is 0 Å². The fourth-order valence-corrected chi connectivity index (χ4v) is 2.62. The number of imide groups is 1. The van der Waals surface area contributed by atoms with E-state index in [4.69, 9.17) is 0 Å². The van der Waals surface area contributed by atoms with Gasteiger partial charge in [-0.25, -0.2) is 13.2 Å². The van der Waals surface area contributed by atoms with E-state index in [1.54, 1.807) is 12.1 Å². The third kappa shape index (κ3) is 3.61. The zero-order valence-electron chi connectivity index (χ0n) is 13.9. The molecular formula is C19H15F3N2O2. The van der Waals surface area contributed by atoms with E-state index in [0.717, 1.165) is 23.1 Å². The Labute approximate surface area is 147 Å². The van der Waals surface area contributed by atoms with Crippen LogP contribution < -0.4 is 5.32 Å². The Morgan fingerprint density at radius 2 is 1.73 bits per heavy atom. The summed E-state index contributed by atoms with van der Waals surface area (Å²) in [5.74, 6) is -3.05. The fourth-order valence-electron chi connectivity index (χ4n) is 2.62. The van der Waals surface area contributed by atoms with Crippen LogP contribution in [0, 0.1) is 24.4 Å². The second-order valence-corrected chi connectivity index (χ2v) is 5.92. The predicted molar refractivity (Wildman–Crippen MR) is 89.6 cm³/mol. The van der Waals surface area contributed by atoms with Crippen LogP contribution in [0.1, 0.15) is 11.1 Å². The standard InChI is InChI=1S/C19H15F3N2O2/c1-11-15(21)8-14(9-16(11)22)23-17-10-18(25)24(19(17)26)6-5-12-3-2-4-13(20)7-12/h2-4,7-10,23H,5-6H2,1H3. The molecule has 0 saturated heterocycles. The zero-order valence-corrected chi connectivity index (χ0v) is 13.9. The van der Waals surface area contributed by atoms with Gasteiger partial charge in [-0.2, -0.15) is 0 Å².